The summed E-state index contributed by atoms with van der Waals surface area (Å²) >= 11 is 0. The van der Waals surface area contributed by atoms with Crippen molar-refractivity contribution in [2.75, 3.05) is 6.54 Å². The molecule has 102 valence electrons. The molecule has 1 aromatic rings. The summed E-state index contributed by atoms with van der Waals surface area (Å²) in [5, 5.41) is 0. The molecular weight excluding hydrogens is 238 g/mol. The molecule has 0 unspecified atom stereocenters. The van der Waals surface area contributed by atoms with Crippen molar-refractivity contribution in [3.8, 4) is 0 Å². The van der Waals surface area contributed by atoms with E-state index in [1.807, 2.05) is 50.8 Å². The van der Waals surface area contributed by atoms with Crippen LogP contribution >= 0.6 is 0 Å². The van der Waals surface area contributed by atoms with Crippen molar-refractivity contribution < 1.29 is 9.59 Å². The highest BCUT2D eigenvalue weighted by Crippen LogP contribution is 2.28. The average Bonchev–Trinajstić information content (AvgIpc) is 2.26. The van der Waals surface area contributed by atoms with Gasteiger partial charge in [-0.05, 0) is 39.3 Å². The van der Waals surface area contributed by atoms with Crippen LogP contribution in [0.15, 0.2) is 18.2 Å². The molecule has 0 aromatic heterocycles. The maximum absolute atomic E-state index is 12.7. The van der Waals surface area contributed by atoms with E-state index in [-0.39, 0.29) is 17.2 Å². The number of piperidine rings is 1. The van der Waals surface area contributed by atoms with Gasteiger partial charge in [-0.3, -0.25) is 9.59 Å². The molecule has 1 amide bonds. The number of ketones is 1. The first-order valence-electron chi connectivity index (χ1n) is 6.72. The third-order valence-electron chi connectivity index (χ3n) is 3.83. The number of likely N-dealkylation sites (tertiary alicyclic amines) is 1. The van der Waals surface area contributed by atoms with Gasteiger partial charge in [-0.25, -0.2) is 0 Å². The van der Waals surface area contributed by atoms with Crippen molar-refractivity contribution in [2.45, 2.75) is 46.1 Å². The highest BCUT2D eigenvalue weighted by Gasteiger charge is 2.37. The molecule has 1 saturated heterocycles. The zero-order valence-electron chi connectivity index (χ0n) is 12.1. The Morgan fingerprint density at radius 1 is 1.26 bits per heavy atom. The second-order valence-electron chi connectivity index (χ2n) is 6.05. The molecule has 1 fully saturated rings. The lowest BCUT2D eigenvalue weighted by atomic mass is 9.88. The summed E-state index contributed by atoms with van der Waals surface area (Å²) < 4.78 is 0. The summed E-state index contributed by atoms with van der Waals surface area (Å²) in [6.45, 7) is 8.43. The minimum absolute atomic E-state index is 0.0370. The minimum atomic E-state index is -0.385. The van der Waals surface area contributed by atoms with Crippen molar-refractivity contribution in [2.24, 2.45) is 0 Å². The third-order valence-corrected chi connectivity index (χ3v) is 3.83. The lowest BCUT2D eigenvalue weighted by Crippen LogP contribution is -2.53. The van der Waals surface area contributed by atoms with Gasteiger partial charge >= 0.3 is 0 Å². The quantitative estimate of drug-likeness (QED) is 0.777. The van der Waals surface area contributed by atoms with E-state index in [0.717, 1.165) is 16.7 Å². The normalized spacial score (nSPS) is 18.5. The molecule has 1 heterocycles. The van der Waals surface area contributed by atoms with Crippen molar-refractivity contribution in [1.29, 1.82) is 0 Å². The van der Waals surface area contributed by atoms with Crippen LogP contribution in [0, 0.1) is 13.8 Å². The van der Waals surface area contributed by atoms with E-state index in [1.54, 1.807) is 0 Å². The number of hydrogen-bond donors (Lipinski definition) is 0. The summed E-state index contributed by atoms with van der Waals surface area (Å²) in [5.41, 5.74) is 2.51. The van der Waals surface area contributed by atoms with Gasteiger partial charge in [-0.15, -0.1) is 0 Å². The summed E-state index contributed by atoms with van der Waals surface area (Å²) in [7, 11) is 0. The predicted molar refractivity (Wildman–Crippen MR) is 75.3 cm³/mol. The van der Waals surface area contributed by atoms with E-state index in [1.165, 1.54) is 0 Å². The van der Waals surface area contributed by atoms with Crippen LogP contribution < -0.4 is 0 Å². The fourth-order valence-electron chi connectivity index (χ4n) is 2.78. The van der Waals surface area contributed by atoms with Gasteiger partial charge < -0.3 is 4.90 Å². The molecule has 1 aliphatic rings. The summed E-state index contributed by atoms with van der Waals surface area (Å²) in [6, 6.07) is 5.87. The topological polar surface area (TPSA) is 37.4 Å². The lowest BCUT2D eigenvalue weighted by molar-refractivity contribution is -0.124. The molecule has 19 heavy (non-hydrogen) atoms. The number of hydrogen-bond acceptors (Lipinski definition) is 2. The Morgan fingerprint density at radius 2 is 1.95 bits per heavy atom. The van der Waals surface area contributed by atoms with Crippen LogP contribution in [-0.4, -0.2) is 28.7 Å². The number of rotatable bonds is 1. The molecule has 0 N–H and O–H groups in total. The Hall–Kier alpha value is -1.64. The van der Waals surface area contributed by atoms with Gasteiger partial charge in [0.05, 0.1) is 0 Å². The highest BCUT2D eigenvalue weighted by molar-refractivity contribution is 5.97. The molecule has 3 heteroatoms. The minimum Gasteiger partial charge on any atom is -0.333 e. The molecule has 3 nitrogen and oxygen atoms in total. The molecule has 1 aliphatic heterocycles. The van der Waals surface area contributed by atoms with E-state index in [4.69, 9.17) is 0 Å². The summed E-state index contributed by atoms with van der Waals surface area (Å²) in [5.74, 6) is 0.282. The lowest BCUT2D eigenvalue weighted by Gasteiger charge is -2.42. The fraction of sp³-hybridized carbons (Fsp3) is 0.500. The largest absolute Gasteiger partial charge is 0.333 e. The van der Waals surface area contributed by atoms with Crippen LogP contribution in [0.25, 0.3) is 0 Å². The van der Waals surface area contributed by atoms with Crippen LogP contribution in [0.1, 0.15) is 48.2 Å². The van der Waals surface area contributed by atoms with Crippen LogP contribution in [0.4, 0.5) is 0 Å². The molecule has 1 aromatic carbocycles. The molecule has 0 spiro atoms. The van der Waals surface area contributed by atoms with E-state index in [0.29, 0.717) is 19.4 Å². The number of benzene rings is 1. The van der Waals surface area contributed by atoms with Crippen LogP contribution in [-0.2, 0) is 4.79 Å². The van der Waals surface area contributed by atoms with Gasteiger partial charge in [0.25, 0.3) is 5.91 Å². The Morgan fingerprint density at radius 3 is 2.53 bits per heavy atom. The van der Waals surface area contributed by atoms with Crippen LogP contribution in [0.3, 0.4) is 0 Å². The monoisotopic (exact) mass is 259 g/mol. The zero-order chi connectivity index (χ0) is 14.2. The number of Topliss-reactive ketones (excluding diaryl/α,β-unsaturated/α-hetero) is 1. The SMILES string of the molecule is Cc1ccc(C(=O)N2CCC(=O)CC2(C)C)c(C)c1. The van der Waals surface area contributed by atoms with Crippen molar-refractivity contribution in [3.05, 3.63) is 34.9 Å². The van der Waals surface area contributed by atoms with Crippen molar-refractivity contribution in [3.63, 3.8) is 0 Å². The van der Waals surface area contributed by atoms with Gasteiger partial charge in [-0.2, -0.15) is 0 Å². The second kappa shape index (κ2) is 4.80. The summed E-state index contributed by atoms with van der Waals surface area (Å²) in [4.78, 5) is 26.1. The standard InChI is InChI=1S/C16H21NO2/c1-11-5-6-14(12(2)9-11)15(19)17-8-7-13(18)10-16(17,3)4/h5-6,9H,7-8,10H2,1-4H3. The Balaban J connectivity index is 2.31. The van der Waals surface area contributed by atoms with E-state index in [9.17, 15) is 9.59 Å². The van der Waals surface area contributed by atoms with E-state index < -0.39 is 0 Å². The molecule has 0 aliphatic carbocycles. The molecule has 2 rings (SSSR count). The first kappa shape index (κ1) is 13.8. The van der Waals surface area contributed by atoms with Gasteiger partial charge in [-0.1, -0.05) is 17.7 Å². The van der Waals surface area contributed by atoms with Crippen LogP contribution in [0.5, 0.6) is 0 Å². The highest BCUT2D eigenvalue weighted by atomic mass is 16.2. The number of carbonyl (C=O) groups is 2. The van der Waals surface area contributed by atoms with Crippen molar-refractivity contribution in [1.82, 2.24) is 4.90 Å². The Kier molecular flexibility index (Phi) is 3.48. The van der Waals surface area contributed by atoms with Crippen molar-refractivity contribution >= 4 is 11.7 Å². The number of nitrogens with zero attached hydrogens (tertiary/aromatic N) is 1. The van der Waals surface area contributed by atoms with Gasteiger partial charge in [0.1, 0.15) is 5.78 Å². The molecule has 0 saturated carbocycles. The molecule has 0 atom stereocenters. The molecular formula is C16H21NO2. The first-order valence-corrected chi connectivity index (χ1v) is 6.72. The smallest absolute Gasteiger partial charge is 0.254 e. The number of amides is 1. The maximum atomic E-state index is 12.7. The second-order valence-corrected chi connectivity index (χ2v) is 6.05. The van der Waals surface area contributed by atoms with Crippen LogP contribution in [0.2, 0.25) is 0 Å². The molecule has 0 radical (unpaired) electrons. The van der Waals surface area contributed by atoms with Gasteiger partial charge in [0, 0.05) is 30.5 Å². The Labute approximate surface area is 114 Å². The number of carbonyl (C=O) groups excluding carboxylic acids is 2. The first-order chi connectivity index (χ1) is 8.81. The maximum Gasteiger partial charge on any atom is 0.254 e. The van der Waals surface area contributed by atoms with Gasteiger partial charge in [0.15, 0.2) is 0 Å². The fourth-order valence-corrected chi connectivity index (χ4v) is 2.78. The summed E-state index contributed by atoms with van der Waals surface area (Å²) in [6.07, 6.45) is 0.920. The average molecular weight is 259 g/mol. The molecule has 0 bridgehead atoms. The Bertz CT molecular complexity index is 532. The number of aryl methyl sites for hydroxylation is 2. The van der Waals surface area contributed by atoms with Gasteiger partial charge in [0.2, 0.25) is 0 Å². The van der Waals surface area contributed by atoms with E-state index >= 15 is 0 Å². The predicted octanol–water partition coefficient (Wildman–Crippen LogP) is 2.89. The van der Waals surface area contributed by atoms with E-state index in [2.05, 4.69) is 0 Å². The zero-order valence-corrected chi connectivity index (χ0v) is 12.1. The third kappa shape index (κ3) is 2.70.